The first-order chi connectivity index (χ1) is 13.5. The molecule has 1 amide bonds. The molecule has 0 saturated carbocycles. The van der Waals surface area contributed by atoms with Crippen molar-refractivity contribution in [1.82, 2.24) is 5.43 Å². The first-order valence-corrected chi connectivity index (χ1v) is 8.37. The number of benzene rings is 2. The monoisotopic (exact) mass is 379 g/mol. The number of nitro groups is 1. The predicted molar refractivity (Wildman–Crippen MR) is 103 cm³/mol. The molecule has 1 heterocycles. The van der Waals surface area contributed by atoms with Crippen LogP contribution in [0.4, 0.5) is 5.69 Å². The highest BCUT2D eigenvalue weighted by Crippen LogP contribution is 2.28. The van der Waals surface area contributed by atoms with Gasteiger partial charge in [0.25, 0.3) is 11.6 Å². The minimum Gasteiger partial charge on any atom is -0.455 e. The van der Waals surface area contributed by atoms with E-state index in [-0.39, 0.29) is 5.69 Å². The molecule has 1 atom stereocenters. The van der Waals surface area contributed by atoms with Gasteiger partial charge in [-0.2, -0.15) is 5.10 Å². The van der Waals surface area contributed by atoms with E-state index in [0.717, 1.165) is 0 Å². The molecule has 2 N–H and O–H groups in total. The number of hydrazone groups is 1. The molecule has 142 valence electrons. The van der Waals surface area contributed by atoms with Crippen LogP contribution in [-0.4, -0.2) is 22.2 Å². The quantitative estimate of drug-likeness (QED) is 0.387. The standard InChI is InChI=1S/C20H17N3O5/c1-13-11-15(23(26)27)7-9-17(13)18-10-8-16(28-18)12-21-22-20(25)19(24)14-5-3-2-4-6-14/h2-12,19,24H,1H3,(H,22,25)/b21-12-/t19-/m1/s1. The number of aliphatic hydroxyl groups is 1. The molecule has 28 heavy (non-hydrogen) atoms. The van der Waals surface area contributed by atoms with Gasteiger partial charge in [-0.1, -0.05) is 30.3 Å². The van der Waals surface area contributed by atoms with Crippen LogP contribution in [0.5, 0.6) is 0 Å². The molecule has 0 saturated heterocycles. The van der Waals surface area contributed by atoms with Gasteiger partial charge in [-0.15, -0.1) is 0 Å². The SMILES string of the molecule is Cc1cc([N+](=O)[O-])ccc1-c1ccc(/C=N\NC(=O)[C@H](O)c2ccccc2)o1. The van der Waals surface area contributed by atoms with Crippen molar-refractivity contribution in [2.45, 2.75) is 13.0 Å². The number of carbonyl (C=O) groups is 1. The highest BCUT2D eigenvalue weighted by Gasteiger charge is 2.16. The van der Waals surface area contributed by atoms with E-state index in [0.29, 0.717) is 28.2 Å². The highest BCUT2D eigenvalue weighted by atomic mass is 16.6. The molecule has 0 radical (unpaired) electrons. The molecule has 1 aromatic heterocycles. The van der Waals surface area contributed by atoms with Crippen LogP contribution in [0.25, 0.3) is 11.3 Å². The third-order valence-electron chi connectivity index (χ3n) is 4.04. The Labute approximate surface area is 160 Å². The molecule has 3 aromatic rings. The lowest BCUT2D eigenvalue weighted by atomic mass is 10.1. The van der Waals surface area contributed by atoms with Crippen molar-refractivity contribution in [3.05, 3.63) is 87.7 Å². The summed E-state index contributed by atoms with van der Waals surface area (Å²) in [6.45, 7) is 1.75. The van der Waals surface area contributed by atoms with E-state index in [2.05, 4.69) is 10.5 Å². The van der Waals surface area contributed by atoms with Gasteiger partial charge in [-0.05, 0) is 36.2 Å². The number of non-ortho nitro benzene ring substituents is 1. The Balaban J connectivity index is 1.66. The van der Waals surface area contributed by atoms with Crippen molar-refractivity contribution >= 4 is 17.8 Å². The van der Waals surface area contributed by atoms with Crippen molar-refractivity contribution in [2.75, 3.05) is 0 Å². The number of hydrogen-bond donors (Lipinski definition) is 2. The summed E-state index contributed by atoms with van der Waals surface area (Å²) in [7, 11) is 0. The van der Waals surface area contributed by atoms with Gasteiger partial charge in [0.1, 0.15) is 11.5 Å². The second-order valence-electron chi connectivity index (χ2n) is 6.01. The number of nitrogens with zero attached hydrogens (tertiary/aromatic N) is 2. The number of hydrogen-bond acceptors (Lipinski definition) is 6. The molecule has 0 bridgehead atoms. The molecule has 8 nitrogen and oxygen atoms in total. The van der Waals surface area contributed by atoms with E-state index in [9.17, 15) is 20.0 Å². The Morgan fingerprint density at radius 2 is 1.96 bits per heavy atom. The molecule has 2 aromatic carbocycles. The molecular formula is C20H17N3O5. The van der Waals surface area contributed by atoms with Crippen LogP contribution >= 0.6 is 0 Å². The third kappa shape index (κ3) is 4.30. The van der Waals surface area contributed by atoms with E-state index in [4.69, 9.17) is 4.42 Å². The number of rotatable bonds is 6. The Morgan fingerprint density at radius 1 is 1.21 bits per heavy atom. The maximum absolute atomic E-state index is 11.9. The third-order valence-corrected chi connectivity index (χ3v) is 4.04. The lowest BCUT2D eigenvalue weighted by molar-refractivity contribution is -0.384. The van der Waals surface area contributed by atoms with Gasteiger partial charge in [0, 0.05) is 17.7 Å². The Kier molecular flexibility index (Phi) is 5.61. The van der Waals surface area contributed by atoms with Gasteiger partial charge in [0.15, 0.2) is 6.10 Å². The van der Waals surface area contributed by atoms with Gasteiger partial charge >= 0.3 is 0 Å². The van der Waals surface area contributed by atoms with Crippen molar-refractivity contribution < 1.29 is 19.2 Å². The van der Waals surface area contributed by atoms with Crippen molar-refractivity contribution in [1.29, 1.82) is 0 Å². The number of carbonyl (C=O) groups excluding carboxylic acids is 1. The van der Waals surface area contributed by atoms with Crippen molar-refractivity contribution in [3.63, 3.8) is 0 Å². The highest BCUT2D eigenvalue weighted by molar-refractivity contribution is 5.84. The fourth-order valence-corrected chi connectivity index (χ4v) is 2.61. The molecule has 0 aliphatic heterocycles. The number of nitrogens with one attached hydrogen (secondary N) is 1. The minimum absolute atomic E-state index is 0.00859. The molecular weight excluding hydrogens is 362 g/mol. The first-order valence-electron chi connectivity index (χ1n) is 8.37. The summed E-state index contributed by atoms with van der Waals surface area (Å²) in [4.78, 5) is 22.3. The lowest BCUT2D eigenvalue weighted by Gasteiger charge is -2.08. The largest absolute Gasteiger partial charge is 0.455 e. The summed E-state index contributed by atoms with van der Waals surface area (Å²) in [6.07, 6.45) is -0.0203. The number of nitro benzene ring substituents is 1. The first kappa shape index (κ1) is 19.0. The Morgan fingerprint density at radius 3 is 2.64 bits per heavy atom. The lowest BCUT2D eigenvalue weighted by Crippen LogP contribution is -2.25. The maximum atomic E-state index is 11.9. The van der Waals surface area contributed by atoms with E-state index in [1.807, 2.05) is 0 Å². The van der Waals surface area contributed by atoms with E-state index >= 15 is 0 Å². The molecule has 0 fully saturated rings. The summed E-state index contributed by atoms with van der Waals surface area (Å²) in [5.74, 6) is 0.229. The average Bonchev–Trinajstić information content (AvgIpc) is 3.16. The van der Waals surface area contributed by atoms with Crippen LogP contribution in [-0.2, 0) is 4.79 Å². The fourth-order valence-electron chi connectivity index (χ4n) is 2.61. The number of furan rings is 1. The Hall–Kier alpha value is -3.78. The van der Waals surface area contributed by atoms with E-state index < -0.39 is 16.9 Å². The zero-order valence-corrected chi connectivity index (χ0v) is 14.9. The van der Waals surface area contributed by atoms with Gasteiger partial charge in [-0.3, -0.25) is 14.9 Å². The van der Waals surface area contributed by atoms with Crippen LogP contribution in [0.2, 0.25) is 0 Å². The van der Waals surface area contributed by atoms with Crippen LogP contribution in [0.15, 0.2) is 70.2 Å². The van der Waals surface area contributed by atoms with E-state index in [1.54, 1.807) is 55.5 Å². The summed E-state index contributed by atoms with van der Waals surface area (Å²) in [5.41, 5.74) is 4.14. The zero-order chi connectivity index (χ0) is 20.1. The molecule has 8 heteroatoms. The Bertz CT molecular complexity index is 1030. The zero-order valence-electron chi connectivity index (χ0n) is 14.9. The maximum Gasteiger partial charge on any atom is 0.273 e. The number of aliphatic hydroxyl groups excluding tert-OH is 1. The minimum atomic E-state index is -1.33. The van der Waals surface area contributed by atoms with Crippen LogP contribution in [0.1, 0.15) is 23.0 Å². The second-order valence-corrected chi connectivity index (χ2v) is 6.01. The topological polar surface area (TPSA) is 118 Å². The number of amides is 1. The average molecular weight is 379 g/mol. The normalized spacial score (nSPS) is 12.1. The second kappa shape index (κ2) is 8.28. The van der Waals surface area contributed by atoms with Gasteiger partial charge < -0.3 is 9.52 Å². The summed E-state index contributed by atoms with van der Waals surface area (Å²) in [6, 6.07) is 16.4. The van der Waals surface area contributed by atoms with E-state index in [1.165, 1.54) is 18.3 Å². The fraction of sp³-hybridized carbons (Fsp3) is 0.100. The molecule has 3 rings (SSSR count). The van der Waals surface area contributed by atoms with Crippen LogP contribution in [0.3, 0.4) is 0 Å². The van der Waals surface area contributed by atoms with Gasteiger partial charge in [0.05, 0.1) is 11.1 Å². The predicted octanol–water partition coefficient (Wildman–Crippen LogP) is 3.35. The van der Waals surface area contributed by atoms with Gasteiger partial charge in [-0.25, -0.2) is 5.43 Å². The molecule has 0 aliphatic carbocycles. The van der Waals surface area contributed by atoms with Crippen molar-refractivity contribution in [3.8, 4) is 11.3 Å². The molecule has 0 unspecified atom stereocenters. The summed E-state index contributed by atoms with van der Waals surface area (Å²) >= 11 is 0. The summed E-state index contributed by atoms with van der Waals surface area (Å²) < 4.78 is 5.64. The summed E-state index contributed by atoms with van der Waals surface area (Å²) in [5, 5.41) is 24.6. The molecule has 0 spiro atoms. The van der Waals surface area contributed by atoms with Crippen LogP contribution < -0.4 is 5.43 Å². The molecule has 0 aliphatic rings. The smallest absolute Gasteiger partial charge is 0.273 e. The number of aryl methyl sites for hydroxylation is 1. The van der Waals surface area contributed by atoms with Crippen molar-refractivity contribution in [2.24, 2.45) is 5.10 Å². The van der Waals surface area contributed by atoms with Gasteiger partial charge in [0.2, 0.25) is 0 Å². The van der Waals surface area contributed by atoms with Crippen LogP contribution in [0, 0.1) is 17.0 Å².